The molecule has 3 nitrogen and oxygen atoms in total. The van der Waals surface area contributed by atoms with Crippen molar-refractivity contribution in [3.63, 3.8) is 0 Å². The Balaban J connectivity index is 2.41. The number of para-hydroxylation sites is 1. The summed E-state index contributed by atoms with van der Waals surface area (Å²) in [7, 11) is 1.96. The van der Waals surface area contributed by atoms with Crippen LogP contribution in [0, 0.1) is 6.92 Å². The zero-order chi connectivity index (χ0) is 13.3. The van der Waals surface area contributed by atoms with E-state index in [1.54, 1.807) is 13.8 Å². The summed E-state index contributed by atoms with van der Waals surface area (Å²) in [5, 5.41) is 11.0. The predicted molar refractivity (Wildman–Crippen MR) is 76.0 cm³/mol. The maximum absolute atomic E-state index is 9.88. The quantitative estimate of drug-likeness (QED) is 0.902. The largest absolute Gasteiger partial charge is 0.389 e. The lowest BCUT2D eigenvalue weighted by atomic mass is 10.1. The number of hydrogen-bond donors (Lipinski definition) is 1. The fraction of sp³-hybridized carbons (Fsp3) is 0.400. The van der Waals surface area contributed by atoms with Crippen molar-refractivity contribution in [2.24, 2.45) is 0 Å². The van der Waals surface area contributed by atoms with Crippen molar-refractivity contribution in [1.82, 2.24) is 4.98 Å². The normalized spacial score (nSPS) is 11.8. The molecule has 1 heterocycles. The van der Waals surface area contributed by atoms with E-state index in [1.165, 1.54) is 0 Å². The molecule has 2 rings (SSSR count). The van der Waals surface area contributed by atoms with E-state index < -0.39 is 5.60 Å². The Hall–Kier alpha value is -1.61. The summed E-state index contributed by atoms with van der Waals surface area (Å²) >= 11 is 0. The van der Waals surface area contributed by atoms with Gasteiger partial charge in [-0.1, -0.05) is 18.2 Å². The van der Waals surface area contributed by atoms with Crippen molar-refractivity contribution in [1.29, 1.82) is 0 Å². The number of hydrogen-bond acceptors (Lipinski definition) is 3. The number of aliphatic hydroxyl groups is 1. The molecule has 0 spiro atoms. The Kier molecular flexibility index (Phi) is 3.26. The van der Waals surface area contributed by atoms with E-state index in [0.717, 1.165) is 22.3 Å². The number of aromatic nitrogens is 1. The molecule has 0 aliphatic heterocycles. The molecule has 0 aliphatic carbocycles. The average molecular weight is 244 g/mol. The number of anilines is 1. The molecule has 0 aliphatic rings. The zero-order valence-electron chi connectivity index (χ0n) is 11.4. The highest BCUT2D eigenvalue weighted by molar-refractivity contribution is 5.81. The molecule has 0 fully saturated rings. The van der Waals surface area contributed by atoms with E-state index in [1.807, 2.05) is 30.1 Å². The lowest BCUT2D eigenvalue weighted by molar-refractivity contribution is 0.0884. The number of aryl methyl sites for hydroxylation is 1. The first-order valence-corrected chi connectivity index (χ1v) is 6.17. The minimum absolute atomic E-state index is 0.555. The van der Waals surface area contributed by atoms with Crippen LogP contribution in [0.5, 0.6) is 0 Å². The summed E-state index contributed by atoms with van der Waals surface area (Å²) in [6.07, 6.45) is 0. The highest BCUT2D eigenvalue weighted by atomic mass is 16.3. The van der Waals surface area contributed by atoms with Crippen molar-refractivity contribution in [3.8, 4) is 0 Å². The van der Waals surface area contributed by atoms with Crippen LogP contribution in [0.2, 0.25) is 0 Å². The molecule has 0 saturated carbocycles. The summed E-state index contributed by atoms with van der Waals surface area (Å²) in [6, 6.07) is 10.2. The van der Waals surface area contributed by atoms with Gasteiger partial charge in [-0.05, 0) is 38.5 Å². The molecule has 0 saturated heterocycles. The average Bonchev–Trinajstić information content (AvgIpc) is 2.25. The van der Waals surface area contributed by atoms with Crippen LogP contribution in [0.1, 0.15) is 19.4 Å². The Bertz CT molecular complexity index is 558. The second-order valence-corrected chi connectivity index (χ2v) is 5.49. The van der Waals surface area contributed by atoms with Crippen LogP contribution >= 0.6 is 0 Å². The molecule has 0 unspecified atom stereocenters. The molecular weight excluding hydrogens is 224 g/mol. The minimum atomic E-state index is -0.728. The Morgan fingerprint density at radius 1 is 1.28 bits per heavy atom. The molecular formula is C15H20N2O. The molecule has 3 heteroatoms. The van der Waals surface area contributed by atoms with Crippen LogP contribution in [0.4, 0.5) is 5.82 Å². The summed E-state index contributed by atoms with van der Waals surface area (Å²) < 4.78 is 0. The maximum atomic E-state index is 9.88. The third kappa shape index (κ3) is 2.79. The van der Waals surface area contributed by atoms with Crippen LogP contribution < -0.4 is 4.90 Å². The molecule has 0 bridgehead atoms. The van der Waals surface area contributed by atoms with Crippen molar-refractivity contribution >= 4 is 16.7 Å². The molecule has 1 aromatic heterocycles. The molecule has 0 amide bonds. The van der Waals surface area contributed by atoms with Gasteiger partial charge >= 0.3 is 0 Å². The van der Waals surface area contributed by atoms with Gasteiger partial charge in [-0.25, -0.2) is 4.98 Å². The van der Waals surface area contributed by atoms with Gasteiger partial charge < -0.3 is 10.0 Å². The first kappa shape index (κ1) is 12.8. The number of fused-ring (bicyclic) bond motifs is 1. The summed E-state index contributed by atoms with van der Waals surface area (Å²) in [4.78, 5) is 6.68. The van der Waals surface area contributed by atoms with Crippen LogP contribution in [-0.4, -0.2) is 29.3 Å². The fourth-order valence-corrected chi connectivity index (χ4v) is 2.25. The zero-order valence-corrected chi connectivity index (χ0v) is 11.4. The number of likely N-dealkylation sites (N-methyl/N-ethyl adjacent to an activating group) is 1. The Labute approximate surface area is 108 Å². The second-order valence-electron chi connectivity index (χ2n) is 5.49. The van der Waals surface area contributed by atoms with Gasteiger partial charge in [-0.15, -0.1) is 0 Å². The molecule has 2 aromatic rings. The van der Waals surface area contributed by atoms with Gasteiger partial charge in [-0.2, -0.15) is 0 Å². The Morgan fingerprint density at radius 2 is 1.94 bits per heavy atom. The molecule has 0 radical (unpaired) electrons. The summed E-state index contributed by atoms with van der Waals surface area (Å²) in [5.41, 5.74) is 1.38. The topological polar surface area (TPSA) is 36.4 Å². The smallest absolute Gasteiger partial charge is 0.132 e. The van der Waals surface area contributed by atoms with Crippen molar-refractivity contribution in [2.75, 3.05) is 18.5 Å². The van der Waals surface area contributed by atoms with Gasteiger partial charge in [0.25, 0.3) is 0 Å². The first-order valence-electron chi connectivity index (χ1n) is 6.17. The molecule has 18 heavy (non-hydrogen) atoms. The van der Waals surface area contributed by atoms with Crippen LogP contribution in [-0.2, 0) is 0 Å². The van der Waals surface area contributed by atoms with E-state index >= 15 is 0 Å². The van der Waals surface area contributed by atoms with E-state index in [-0.39, 0.29) is 0 Å². The highest BCUT2D eigenvalue weighted by Crippen LogP contribution is 2.23. The van der Waals surface area contributed by atoms with E-state index in [4.69, 9.17) is 0 Å². The van der Waals surface area contributed by atoms with Gasteiger partial charge in [0.2, 0.25) is 0 Å². The third-order valence-corrected chi connectivity index (χ3v) is 2.87. The Morgan fingerprint density at radius 3 is 2.61 bits per heavy atom. The van der Waals surface area contributed by atoms with Crippen molar-refractivity contribution < 1.29 is 5.11 Å². The van der Waals surface area contributed by atoms with Crippen LogP contribution in [0.3, 0.4) is 0 Å². The van der Waals surface area contributed by atoms with E-state index in [2.05, 4.69) is 24.0 Å². The molecule has 96 valence electrons. The molecule has 1 N–H and O–H groups in total. The number of benzene rings is 1. The van der Waals surface area contributed by atoms with Gasteiger partial charge in [-0.3, -0.25) is 0 Å². The second kappa shape index (κ2) is 4.58. The number of nitrogens with zero attached hydrogens (tertiary/aromatic N) is 2. The maximum Gasteiger partial charge on any atom is 0.132 e. The summed E-state index contributed by atoms with van der Waals surface area (Å²) in [6.45, 7) is 6.22. The van der Waals surface area contributed by atoms with Crippen molar-refractivity contribution in [3.05, 3.63) is 35.9 Å². The van der Waals surface area contributed by atoms with E-state index in [0.29, 0.717) is 6.54 Å². The standard InChI is InChI=1S/C15H20N2O/c1-11-9-12-7-5-6-8-13(12)16-14(11)17(4)10-15(2,3)18/h5-9,18H,10H2,1-4H3. The fourth-order valence-electron chi connectivity index (χ4n) is 2.25. The summed E-state index contributed by atoms with van der Waals surface area (Å²) in [5.74, 6) is 0.927. The van der Waals surface area contributed by atoms with Gasteiger partial charge in [0, 0.05) is 19.0 Å². The van der Waals surface area contributed by atoms with Crippen LogP contribution in [0.15, 0.2) is 30.3 Å². The first-order chi connectivity index (χ1) is 8.37. The predicted octanol–water partition coefficient (Wildman–Crippen LogP) is 2.75. The van der Waals surface area contributed by atoms with Gasteiger partial charge in [0.1, 0.15) is 5.82 Å². The van der Waals surface area contributed by atoms with Crippen molar-refractivity contribution in [2.45, 2.75) is 26.4 Å². The van der Waals surface area contributed by atoms with Crippen LogP contribution in [0.25, 0.3) is 10.9 Å². The van der Waals surface area contributed by atoms with E-state index in [9.17, 15) is 5.11 Å². The minimum Gasteiger partial charge on any atom is -0.389 e. The highest BCUT2D eigenvalue weighted by Gasteiger charge is 2.18. The number of rotatable bonds is 3. The van der Waals surface area contributed by atoms with Gasteiger partial charge in [0.05, 0.1) is 11.1 Å². The lowest BCUT2D eigenvalue weighted by Crippen LogP contribution is -2.37. The lowest BCUT2D eigenvalue weighted by Gasteiger charge is -2.27. The molecule has 0 atom stereocenters. The third-order valence-electron chi connectivity index (χ3n) is 2.87. The SMILES string of the molecule is Cc1cc2ccccc2nc1N(C)CC(C)(C)O. The van der Waals surface area contributed by atoms with Gasteiger partial charge in [0.15, 0.2) is 0 Å². The number of pyridine rings is 1. The molecule has 1 aromatic carbocycles. The monoisotopic (exact) mass is 244 g/mol.